The Morgan fingerprint density at radius 2 is 2.05 bits per heavy atom. The Kier molecular flexibility index (Phi) is 2.81. The molecule has 2 heterocycles. The van der Waals surface area contributed by atoms with E-state index in [1.54, 1.807) is 13.3 Å². The van der Waals surface area contributed by atoms with Crippen molar-refractivity contribution in [2.45, 2.75) is 13.5 Å². The van der Waals surface area contributed by atoms with E-state index in [4.69, 9.17) is 4.74 Å². The topological polar surface area (TPSA) is 58.1 Å². The summed E-state index contributed by atoms with van der Waals surface area (Å²) in [7, 11) is 1.66. The maximum Gasteiger partial charge on any atom is 0.119 e. The Morgan fingerprint density at radius 1 is 1.18 bits per heavy atom. The molecule has 4 rings (SSSR count). The number of aromatic nitrogens is 2. The molecular weight excluding hydrogens is 276 g/mol. The molecule has 0 unspecified atom stereocenters. The summed E-state index contributed by atoms with van der Waals surface area (Å²) in [6, 6.07) is 7.95. The van der Waals surface area contributed by atoms with E-state index in [-0.39, 0.29) is 6.61 Å². The van der Waals surface area contributed by atoms with E-state index in [1.165, 1.54) is 5.56 Å². The van der Waals surface area contributed by atoms with Crippen molar-refractivity contribution >= 4 is 32.6 Å². The van der Waals surface area contributed by atoms with Crippen molar-refractivity contribution in [2.24, 2.45) is 0 Å². The second-order valence-corrected chi connectivity index (χ2v) is 5.47. The lowest BCUT2D eigenvalue weighted by molar-refractivity contribution is 0.285. The highest BCUT2D eigenvalue weighted by Crippen LogP contribution is 2.37. The second-order valence-electron chi connectivity index (χ2n) is 5.47. The molecule has 2 aromatic carbocycles. The van der Waals surface area contributed by atoms with Gasteiger partial charge in [0.2, 0.25) is 0 Å². The van der Waals surface area contributed by atoms with Crippen molar-refractivity contribution in [3.63, 3.8) is 0 Å². The molecular formula is C18H16N2O2. The zero-order valence-corrected chi connectivity index (χ0v) is 12.5. The molecule has 0 bridgehead atoms. The summed E-state index contributed by atoms with van der Waals surface area (Å²) in [4.78, 5) is 7.70. The number of aromatic amines is 1. The summed E-state index contributed by atoms with van der Waals surface area (Å²) < 4.78 is 5.34. The Labute approximate surface area is 127 Å². The van der Waals surface area contributed by atoms with Crippen LogP contribution < -0.4 is 4.74 Å². The third kappa shape index (κ3) is 1.64. The predicted molar refractivity (Wildman–Crippen MR) is 88.3 cm³/mol. The second kappa shape index (κ2) is 4.71. The van der Waals surface area contributed by atoms with Crippen molar-refractivity contribution in [2.75, 3.05) is 7.11 Å². The van der Waals surface area contributed by atoms with Crippen molar-refractivity contribution in [1.29, 1.82) is 0 Å². The van der Waals surface area contributed by atoms with Gasteiger partial charge in [0.1, 0.15) is 5.75 Å². The number of pyridine rings is 1. The van der Waals surface area contributed by atoms with Crippen molar-refractivity contribution in [3.05, 3.63) is 47.8 Å². The minimum absolute atomic E-state index is 0.0247. The molecule has 2 N–H and O–H groups in total. The number of aliphatic hydroxyl groups is 1. The Morgan fingerprint density at radius 3 is 2.82 bits per heavy atom. The van der Waals surface area contributed by atoms with E-state index in [0.717, 1.165) is 43.9 Å². The van der Waals surface area contributed by atoms with Crippen LogP contribution in [0.5, 0.6) is 5.75 Å². The van der Waals surface area contributed by atoms with E-state index in [9.17, 15) is 5.11 Å². The summed E-state index contributed by atoms with van der Waals surface area (Å²) in [6.45, 7) is 2.07. The number of H-pyrrole nitrogens is 1. The van der Waals surface area contributed by atoms with E-state index in [1.807, 2.05) is 30.5 Å². The van der Waals surface area contributed by atoms with Gasteiger partial charge < -0.3 is 14.8 Å². The van der Waals surface area contributed by atoms with Gasteiger partial charge in [0, 0.05) is 34.1 Å². The Bertz CT molecular complexity index is 1020. The fourth-order valence-electron chi connectivity index (χ4n) is 3.29. The van der Waals surface area contributed by atoms with E-state index < -0.39 is 0 Å². The van der Waals surface area contributed by atoms with Gasteiger partial charge in [-0.25, -0.2) is 0 Å². The molecule has 0 amide bonds. The first kappa shape index (κ1) is 13.1. The molecule has 0 radical (unpaired) electrons. The van der Waals surface area contributed by atoms with Crippen molar-refractivity contribution in [1.82, 2.24) is 9.97 Å². The lowest BCUT2D eigenvalue weighted by atomic mass is 9.96. The first-order chi connectivity index (χ1) is 10.7. The largest absolute Gasteiger partial charge is 0.497 e. The number of aryl methyl sites for hydroxylation is 1. The van der Waals surface area contributed by atoms with Crippen LogP contribution in [-0.2, 0) is 6.61 Å². The smallest absolute Gasteiger partial charge is 0.119 e. The molecule has 0 aliphatic heterocycles. The highest BCUT2D eigenvalue weighted by atomic mass is 16.5. The monoisotopic (exact) mass is 292 g/mol. The number of methoxy groups -OCH3 is 1. The van der Waals surface area contributed by atoms with Gasteiger partial charge in [-0.1, -0.05) is 0 Å². The third-order valence-corrected chi connectivity index (χ3v) is 4.39. The first-order valence-corrected chi connectivity index (χ1v) is 7.20. The summed E-state index contributed by atoms with van der Waals surface area (Å²) in [5, 5.41) is 14.2. The molecule has 22 heavy (non-hydrogen) atoms. The predicted octanol–water partition coefficient (Wildman–Crippen LogP) is 3.68. The van der Waals surface area contributed by atoms with Crippen LogP contribution in [-0.4, -0.2) is 22.2 Å². The maximum absolute atomic E-state index is 9.96. The van der Waals surface area contributed by atoms with Gasteiger partial charge in [-0.3, -0.25) is 4.98 Å². The SMILES string of the molecule is COc1ccc2[nH]c3c(C)c4ccncc4c(CO)c3c2c1. The van der Waals surface area contributed by atoms with Gasteiger partial charge in [-0.15, -0.1) is 0 Å². The van der Waals surface area contributed by atoms with Crippen molar-refractivity contribution in [3.8, 4) is 5.75 Å². The van der Waals surface area contributed by atoms with Crippen LogP contribution >= 0.6 is 0 Å². The molecule has 110 valence electrons. The van der Waals surface area contributed by atoms with Gasteiger partial charge in [-0.2, -0.15) is 0 Å². The lowest BCUT2D eigenvalue weighted by Crippen LogP contribution is -1.92. The number of benzene rings is 2. The summed E-state index contributed by atoms with van der Waals surface area (Å²) in [6.07, 6.45) is 3.61. The number of rotatable bonds is 2. The van der Waals surface area contributed by atoms with Gasteiger partial charge in [0.05, 0.1) is 19.2 Å². The van der Waals surface area contributed by atoms with Gasteiger partial charge >= 0.3 is 0 Å². The highest BCUT2D eigenvalue weighted by Gasteiger charge is 2.16. The molecule has 0 aliphatic rings. The average molecular weight is 292 g/mol. The standard InChI is InChI=1S/C18H16N2O2/c1-10-12-5-6-19-8-14(12)15(9-21)17-13-7-11(22-2)3-4-16(13)20-18(10)17/h3-8,20-21H,9H2,1-2H3. The molecule has 2 aromatic heterocycles. The summed E-state index contributed by atoms with van der Waals surface area (Å²) >= 11 is 0. The quantitative estimate of drug-likeness (QED) is 0.592. The zero-order valence-electron chi connectivity index (χ0n) is 12.5. The third-order valence-electron chi connectivity index (χ3n) is 4.39. The molecule has 4 aromatic rings. The van der Waals surface area contributed by atoms with Crippen LogP contribution in [0.4, 0.5) is 0 Å². The molecule has 0 spiro atoms. The number of ether oxygens (including phenoxy) is 1. The minimum Gasteiger partial charge on any atom is -0.497 e. The maximum atomic E-state index is 9.96. The van der Waals surface area contributed by atoms with Gasteiger partial charge in [0.25, 0.3) is 0 Å². The highest BCUT2D eigenvalue weighted by molar-refractivity contribution is 6.16. The number of nitrogens with zero attached hydrogens (tertiary/aromatic N) is 1. The van der Waals surface area contributed by atoms with Crippen LogP contribution in [0.15, 0.2) is 36.7 Å². The van der Waals surface area contributed by atoms with Crippen LogP contribution in [0.2, 0.25) is 0 Å². The number of hydrogen-bond acceptors (Lipinski definition) is 3. The molecule has 0 saturated heterocycles. The molecule has 0 atom stereocenters. The fourth-order valence-corrected chi connectivity index (χ4v) is 3.29. The normalized spacial score (nSPS) is 11.6. The van der Waals surface area contributed by atoms with Crippen LogP contribution in [0.25, 0.3) is 32.6 Å². The van der Waals surface area contributed by atoms with Gasteiger partial charge in [0.15, 0.2) is 0 Å². The molecule has 0 saturated carbocycles. The van der Waals surface area contributed by atoms with Crippen LogP contribution in [0, 0.1) is 6.92 Å². The van der Waals surface area contributed by atoms with Crippen LogP contribution in [0.1, 0.15) is 11.1 Å². The molecule has 4 nitrogen and oxygen atoms in total. The zero-order chi connectivity index (χ0) is 15.3. The van der Waals surface area contributed by atoms with E-state index in [0.29, 0.717) is 0 Å². The van der Waals surface area contributed by atoms with E-state index >= 15 is 0 Å². The van der Waals surface area contributed by atoms with Crippen LogP contribution in [0.3, 0.4) is 0 Å². The minimum atomic E-state index is -0.0247. The molecule has 0 fully saturated rings. The summed E-state index contributed by atoms with van der Waals surface area (Å²) in [5.41, 5.74) is 4.17. The summed E-state index contributed by atoms with van der Waals surface area (Å²) in [5.74, 6) is 0.807. The average Bonchev–Trinajstić information content (AvgIpc) is 2.94. The van der Waals surface area contributed by atoms with Gasteiger partial charge in [-0.05, 0) is 47.7 Å². The first-order valence-electron chi connectivity index (χ1n) is 7.20. The number of aliphatic hydroxyl groups excluding tert-OH is 1. The number of fused-ring (bicyclic) bond motifs is 4. The Hall–Kier alpha value is -2.59. The fraction of sp³-hybridized carbons (Fsp3) is 0.167. The number of nitrogens with one attached hydrogen (secondary N) is 1. The Balaban J connectivity index is 2.29. The lowest BCUT2D eigenvalue weighted by Gasteiger charge is -2.10. The van der Waals surface area contributed by atoms with Crippen molar-refractivity contribution < 1.29 is 9.84 Å². The number of hydrogen-bond donors (Lipinski definition) is 2. The molecule has 0 aliphatic carbocycles. The van der Waals surface area contributed by atoms with E-state index in [2.05, 4.69) is 16.9 Å². The molecule has 4 heteroatoms.